The van der Waals surface area contributed by atoms with Gasteiger partial charge in [-0.3, -0.25) is 24.5 Å². The lowest BCUT2D eigenvalue weighted by molar-refractivity contribution is -0.127. The van der Waals surface area contributed by atoms with E-state index in [0.717, 1.165) is 17.0 Å². The van der Waals surface area contributed by atoms with Gasteiger partial charge in [0.25, 0.3) is 11.8 Å². The smallest absolute Gasteiger partial charge is 0.258 e. The average Bonchev–Trinajstić information content (AvgIpc) is 3.23. The van der Waals surface area contributed by atoms with Gasteiger partial charge in [0.1, 0.15) is 11.6 Å². The molecular formula is C27H21Cl2FN2O5. The highest BCUT2D eigenvalue weighted by Gasteiger charge is 2.76. The van der Waals surface area contributed by atoms with Crippen LogP contribution in [0.3, 0.4) is 0 Å². The van der Waals surface area contributed by atoms with Gasteiger partial charge in [0.2, 0.25) is 11.8 Å². The maximum atomic E-state index is 14.1. The number of phenols is 1. The molecule has 6 rings (SSSR count). The van der Waals surface area contributed by atoms with Crippen LogP contribution in [0.5, 0.6) is 5.75 Å². The van der Waals surface area contributed by atoms with Gasteiger partial charge in [-0.1, -0.05) is 29.8 Å². The quantitative estimate of drug-likeness (QED) is 0.342. The fraction of sp³-hybridized carbons (Fsp3) is 0.333. The zero-order valence-electron chi connectivity index (χ0n) is 19.5. The maximum Gasteiger partial charge on any atom is 0.258 e. The van der Waals surface area contributed by atoms with E-state index < -0.39 is 62.9 Å². The molecule has 2 aliphatic heterocycles. The largest absolute Gasteiger partial charge is 0.507 e. The van der Waals surface area contributed by atoms with Crippen molar-refractivity contribution < 1.29 is 28.7 Å². The number of anilines is 1. The Morgan fingerprint density at radius 3 is 2.41 bits per heavy atom. The summed E-state index contributed by atoms with van der Waals surface area (Å²) in [5, 5.41) is 13.5. The molecule has 2 N–H and O–H groups in total. The first-order valence-electron chi connectivity index (χ1n) is 11.9. The van der Waals surface area contributed by atoms with Crippen LogP contribution in [0.15, 0.2) is 54.1 Å². The Labute approximate surface area is 221 Å². The Morgan fingerprint density at radius 1 is 1.00 bits per heavy atom. The summed E-state index contributed by atoms with van der Waals surface area (Å²) in [5.41, 5.74) is 1.50. The van der Waals surface area contributed by atoms with E-state index in [2.05, 4.69) is 5.32 Å². The molecule has 10 heteroatoms. The molecule has 0 unspecified atom stereocenters. The monoisotopic (exact) mass is 542 g/mol. The van der Waals surface area contributed by atoms with Crippen LogP contribution in [0.1, 0.15) is 29.9 Å². The van der Waals surface area contributed by atoms with Crippen LogP contribution in [0.4, 0.5) is 10.1 Å². The summed E-state index contributed by atoms with van der Waals surface area (Å²) in [5.74, 6) is -6.30. The van der Waals surface area contributed by atoms with Crippen molar-refractivity contribution in [1.82, 2.24) is 5.32 Å². The van der Waals surface area contributed by atoms with Gasteiger partial charge in [-0.05, 0) is 55.5 Å². The van der Waals surface area contributed by atoms with Crippen LogP contribution in [-0.2, 0) is 19.2 Å². The highest BCUT2D eigenvalue weighted by Crippen LogP contribution is 2.66. The molecule has 0 radical (unpaired) electrons. The van der Waals surface area contributed by atoms with Gasteiger partial charge in [0, 0.05) is 11.5 Å². The first kappa shape index (κ1) is 24.1. The number of aromatic hydroxyl groups is 1. The SMILES string of the molecule is Cc1cccc([C@H]2C3=CC[C@@H]4C(=O)NC(=O)[C@@H]4[C@@H]3C[C@@]3(Cl)C(=O)N(c4ccc(F)cc4)C(=O)[C@@]23Cl)c1O. The summed E-state index contributed by atoms with van der Waals surface area (Å²) in [4.78, 5) is 50.2. The number of aryl methyl sites for hydroxylation is 1. The molecular weight excluding hydrogens is 522 g/mol. The number of fused-ring (bicyclic) bond motifs is 4. The molecule has 1 saturated carbocycles. The van der Waals surface area contributed by atoms with Crippen molar-refractivity contribution in [2.75, 3.05) is 4.90 Å². The second-order valence-corrected chi connectivity index (χ2v) is 11.4. The van der Waals surface area contributed by atoms with Crippen molar-refractivity contribution in [1.29, 1.82) is 0 Å². The Hall–Kier alpha value is -3.23. The summed E-state index contributed by atoms with van der Waals surface area (Å²) in [7, 11) is 0. The van der Waals surface area contributed by atoms with E-state index in [1.165, 1.54) is 12.1 Å². The predicted molar refractivity (Wildman–Crippen MR) is 133 cm³/mol. The van der Waals surface area contributed by atoms with Gasteiger partial charge in [-0.2, -0.15) is 0 Å². The Kier molecular flexibility index (Phi) is 5.14. The van der Waals surface area contributed by atoms with Crippen molar-refractivity contribution in [2.45, 2.75) is 35.4 Å². The number of imide groups is 2. The second-order valence-electron chi connectivity index (χ2n) is 10.1. The van der Waals surface area contributed by atoms with Crippen LogP contribution in [-0.4, -0.2) is 38.5 Å². The van der Waals surface area contributed by atoms with E-state index in [9.17, 15) is 28.7 Å². The number of nitrogens with zero attached hydrogens (tertiary/aromatic N) is 1. The van der Waals surface area contributed by atoms with E-state index >= 15 is 0 Å². The minimum Gasteiger partial charge on any atom is -0.507 e. The molecule has 7 nitrogen and oxygen atoms in total. The summed E-state index contributed by atoms with van der Waals surface area (Å²) in [6.45, 7) is 1.69. The molecule has 4 aliphatic rings. The molecule has 2 saturated heterocycles. The summed E-state index contributed by atoms with van der Waals surface area (Å²) in [6.07, 6.45) is 1.86. The molecule has 2 aromatic carbocycles. The lowest BCUT2D eigenvalue weighted by atomic mass is 9.56. The van der Waals surface area contributed by atoms with Gasteiger partial charge in [0.15, 0.2) is 9.75 Å². The number of alkyl halides is 2. The minimum absolute atomic E-state index is 0.0988. The molecule has 2 aliphatic carbocycles. The van der Waals surface area contributed by atoms with Crippen molar-refractivity contribution in [3.05, 3.63) is 71.1 Å². The van der Waals surface area contributed by atoms with E-state index in [1.54, 1.807) is 31.2 Å². The normalized spacial score (nSPS) is 34.6. The van der Waals surface area contributed by atoms with Crippen LogP contribution in [0, 0.1) is 30.5 Å². The standard InChI is InChI=1S/C27H21Cl2FN2O5/c1-12-3-2-4-17(21(12)33)20-15-9-10-16-19(23(35)31-22(16)34)18(15)11-26(28)24(36)32(25(37)27(20,26)29)14-7-5-13(30)6-8-14/h2-9,16,18-20,33H,10-11H2,1H3,(H,31,34,35)/t16-,18+,19-,20+,26+,27-/m0/s1. The number of nitrogens with one attached hydrogen (secondary N) is 1. The number of para-hydroxylation sites is 1. The molecule has 37 heavy (non-hydrogen) atoms. The molecule has 0 bridgehead atoms. The number of rotatable bonds is 2. The van der Waals surface area contributed by atoms with Crippen molar-refractivity contribution in [3.8, 4) is 5.75 Å². The molecule has 0 spiro atoms. The van der Waals surface area contributed by atoms with E-state index in [1.807, 2.05) is 0 Å². The second kappa shape index (κ2) is 7.88. The predicted octanol–water partition coefficient (Wildman–Crippen LogP) is 3.69. The number of carbonyl (C=O) groups excluding carboxylic acids is 4. The topological polar surface area (TPSA) is 104 Å². The van der Waals surface area contributed by atoms with Gasteiger partial charge >= 0.3 is 0 Å². The number of allylic oxidation sites excluding steroid dienone is 2. The number of hydrogen-bond acceptors (Lipinski definition) is 5. The Bertz CT molecular complexity index is 1440. The van der Waals surface area contributed by atoms with Crippen molar-refractivity contribution in [3.63, 3.8) is 0 Å². The number of halogens is 3. The molecule has 190 valence electrons. The molecule has 0 aromatic heterocycles. The summed E-state index contributed by atoms with van der Waals surface area (Å²) < 4.78 is 13.6. The first-order valence-corrected chi connectivity index (χ1v) is 12.6. The summed E-state index contributed by atoms with van der Waals surface area (Å²) >= 11 is 14.4. The number of benzene rings is 2. The summed E-state index contributed by atoms with van der Waals surface area (Å²) in [6, 6.07) is 9.80. The lowest BCUT2D eigenvalue weighted by Gasteiger charge is -2.50. The zero-order chi connectivity index (χ0) is 26.4. The first-order chi connectivity index (χ1) is 17.5. The van der Waals surface area contributed by atoms with Crippen molar-refractivity contribution >= 4 is 52.5 Å². The van der Waals surface area contributed by atoms with Gasteiger partial charge < -0.3 is 5.11 Å². The number of carbonyl (C=O) groups is 4. The zero-order valence-corrected chi connectivity index (χ0v) is 21.0. The highest BCUT2D eigenvalue weighted by atomic mass is 35.5. The van der Waals surface area contributed by atoms with E-state index in [4.69, 9.17) is 23.2 Å². The molecule has 6 atom stereocenters. The van der Waals surface area contributed by atoms with E-state index in [-0.39, 0.29) is 24.3 Å². The molecule has 3 fully saturated rings. The van der Waals surface area contributed by atoms with Gasteiger partial charge in [0.05, 0.1) is 17.5 Å². The van der Waals surface area contributed by atoms with Gasteiger partial charge in [-0.15, -0.1) is 23.2 Å². The van der Waals surface area contributed by atoms with Gasteiger partial charge in [-0.25, -0.2) is 9.29 Å². The molecule has 2 heterocycles. The van der Waals surface area contributed by atoms with Crippen molar-refractivity contribution in [2.24, 2.45) is 17.8 Å². The number of phenolic OH excluding ortho intramolecular Hbond substituents is 1. The lowest BCUT2D eigenvalue weighted by Crippen LogP contribution is -2.60. The number of hydrogen-bond donors (Lipinski definition) is 2. The van der Waals surface area contributed by atoms with Crippen LogP contribution in [0.25, 0.3) is 0 Å². The minimum atomic E-state index is -2.07. The maximum absolute atomic E-state index is 14.1. The number of amides is 4. The van der Waals surface area contributed by atoms with E-state index in [0.29, 0.717) is 16.7 Å². The average molecular weight is 543 g/mol. The Morgan fingerprint density at radius 2 is 1.70 bits per heavy atom. The molecule has 2 aromatic rings. The van der Waals surface area contributed by atoms with Crippen LogP contribution in [0.2, 0.25) is 0 Å². The molecule has 4 amide bonds. The third-order valence-electron chi connectivity index (χ3n) is 8.32. The highest BCUT2D eigenvalue weighted by molar-refractivity contribution is 6.58. The van der Waals surface area contributed by atoms with Crippen LogP contribution < -0.4 is 10.2 Å². The third kappa shape index (κ3) is 3.00. The Balaban J connectivity index is 1.60. The fourth-order valence-corrected chi connectivity index (χ4v) is 7.50. The third-order valence-corrected chi connectivity index (χ3v) is 9.73. The van der Waals surface area contributed by atoms with Crippen LogP contribution >= 0.6 is 23.2 Å². The fourth-order valence-electron chi connectivity index (χ4n) is 6.57.